The minimum atomic E-state index is -4.04. The van der Waals surface area contributed by atoms with E-state index >= 15 is 0 Å². The molecule has 47 heavy (non-hydrogen) atoms. The van der Waals surface area contributed by atoms with Crippen molar-refractivity contribution < 1.29 is 22.8 Å². The average molecular weight is 654 g/mol. The monoisotopic (exact) mass is 653 g/mol. The normalized spacial score (nSPS) is 15.9. The maximum Gasteiger partial charge on any atom is 0.302 e. The molecule has 5 rings (SSSR count). The molecule has 0 spiro atoms. The van der Waals surface area contributed by atoms with Crippen molar-refractivity contribution in [2.75, 3.05) is 33.0 Å². The number of rotatable bonds is 11. The number of benzene rings is 4. The van der Waals surface area contributed by atoms with Crippen LogP contribution < -0.4 is 30.6 Å². The van der Waals surface area contributed by atoms with Crippen LogP contribution in [0.3, 0.4) is 0 Å². The second-order valence-electron chi connectivity index (χ2n) is 10.6. The molecule has 1 unspecified atom stereocenters. The molecule has 12 nitrogen and oxygen atoms in total. The highest BCUT2D eigenvalue weighted by Gasteiger charge is 2.54. The number of amides is 3. The third-order valence-corrected chi connectivity index (χ3v) is 8.80. The molecule has 1 aliphatic rings. The first-order valence-corrected chi connectivity index (χ1v) is 16.4. The van der Waals surface area contributed by atoms with Gasteiger partial charge in [0.2, 0.25) is 5.91 Å². The predicted octanol–water partition coefficient (Wildman–Crippen LogP) is 4.37. The van der Waals surface area contributed by atoms with Crippen LogP contribution >= 0.6 is 0 Å². The fourth-order valence-electron chi connectivity index (χ4n) is 5.13. The third-order valence-electron chi connectivity index (χ3n) is 7.42. The van der Waals surface area contributed by atoms with Crippen molar-refractivity contribution in [3.63, 3.8) is 0 Å². The summed E-state index contributed by atoms with van der Waals surface area (Å²) >= 11 is 0. The van der Waals surface area contributed by atoms with Gasteiger partial charge < -0.3 is 20.9 Å². The minimum Gasteiger partial charge on any atom is -0.372 e. The largest absolute Gasteiger partial charge is 0.372 e. The van der Waals surface area contributed by atoms with Crippen LogP contribution in [0.5, 0.6) is 0 Å². The first-order chi connectivity index (χ1) is 22.6. The summed E-state index contributed by atoms with van der Waals surface area (Å²) in [6.07, 6.45) is 0. The van der Waals surface area contributed by atoms with Crippen molar-refractivity contribution in [3.05, 3.63) is 115 Å². The molecule has 1 heterocycles. The summed E-state index contributed by atoms with van der Waals surface area (Å²) < 4.78 is 28.7. The van der Waals surface area contributed by atoms with Gasteiger partial charge in [-0.3, -0.25) is 19.1 Å². The van der Waals surface area contributed by atoms with E-state index in [2.05, 4.69) is 30.7 Å². The number of carbonyl (C=O) groups is 3. The Morgan fingerprint density at radius 3 is 2.09 bits per heavy atom. The standard InChI is InChI=1S/C34H35N7O5S/c1-4-40(5-2)28-21-19-26(20-22-28)37-34(36-24(3)42)32(38-41(33(34)44)29-16-10-7-11-17-29)35-31(43)25-13-12-18-30(23-25)47(45,46)39-27-14-8-6-9-15-27/h6-23,37,39H,4-5H2,1-3H3,(H,36,42)(H,35,38,43). The zero-order valence-corrected chi connectivity index (χ0v) is 26.9. The predicted molar refractivity (Wildman–Crippen MR) is 183 cm³/mol. The molecule has 0 aromatic heterocycles. The molecule has 1 atom stereocenters. The summed E-state index contributed by atoms with van der Waals surface area (Å²) in [6, 6.07) is 29.7. The van der Waals surface area contributed by atoms with Crippen LogP contribution in [0.15, 0.2) is 119 Å². The fourth-order valence-corrected chi connectivity index (χ4v) is 6.23. The quantitative estimate of drug-likeness (QED) is 0.176. The fraction of sp³-hybridized carbons (Fsp3) is 0.176. The number of nitrogens with one attached hydrogen (secondary N) is 4. The maximum atomic E-state index is 14.2. The summed E-state index contributed by atoms with van der Waals surface area (Å²) in [4.78, 5) is 42.6. The first kappa shape index (κ1) is 32.7. The molecule has 242 valence electrons. The Kier molecular flexibility index (Phi) is 9.56. The number of amidine groups is 1. The number of hydrazone groups is 1. The van der Waals surface area contributed by atoms with E-state index in [9.17, 15) is 22.8 Å². The molecular weight excluding hydrogens is 618 g/mol. The van der Waals surface area contributed by atoms with Gasteiger partial charge in [-0.05, 0) is 80.6 Å². The van der Waals surface area contributed by atoms with Crippen molar-refractivity contribution in [1.82, 2.24) is 10.6 Å². The molecule has 0 fully saturated rings. The lowest BCUT2D eigenvalue weighted by atomic mass is 10.1. The SMILES string of the molecule is CCN(CC)c1ccc(NC2(NC(C)=O)C(=O)N(c3ccccc3)N=C2NC(=O)c2cccc(S(=O)(=O)Nc3ccccc3)c2)cc1. The van der Waals surface area contributed by atoms with E-state index in [-0.39, 0.29) is 16.3 Å². The molecule has 0 bridgehead atoms. The average Bonchev–Trinajstić information content (AvgIpc) is 3.32. The van der Waals surface area contributed by atoms with E-state index in [0.717, 1.165) is 23.8 Å². The highest BCUT2D eigenvalue weighted by Crippen LogP contribution is 2.29. The minimum absolute atomic E-state index is 0.0189. The molecule has 4 aromatic rings. The van der Waals surface area contributed by atoms with Gasteiger partial charge >= 0.3 is 5.91 Å². The summed E-state index contributed by atoms with van der Waals surface area (Å²) in [5.74, 6) is -2.21. The molecule has 0 saturated heterocycles. The topological polar surface area (TPSA) is 152 Å². The van der Waals surface area contributed by atoms with E-state index in [1.165, 1.54) is 31.2 Å². The zero-order chi connectivity index (χ0) is 33.6. The highest BCUT2D eigenvalue weighted by atomic mass is 32.2. The zero-order valence-electron chi connectivity index (χ0n) is 26.1. The van der Waals surface area contributed by atoms with Crippen molar-refractivity contribution in [2.45, 2.75) is 31.3 Å². The highest BCUT2D eigenvalue weighted by molar-refractivity contribution is 7.92. The van der Waals surface area contributed by atoms with E-state index in [1.807, 2.05) is 26.0 Å². The Morgan fingerprint density at radius 2 is 1.47 bits per heavy atom. The van der Waals surface area contributed by atoms with Crippen LogP contribution in [0, 0.1) is 0 Å². The lowest BCUT2D eigenvalue weighted by Gasteiger charge is -2.32. The van der Waals surface area contributed by atoms with Gasteiger partial charge in [0.15, 0.2) is 5.84 Å². The Hall–Kier alpha value is -5.69. The molecule has 4 aromatic carbocycles. The number of hydrogen-bond acceptors (Lipinski definition) is 8. The van der Waals surface area contributed by atoms with Gasteiger partial charge in [0.25, 0.3) is 21.6 Å². The van der Waals surface area contributed by atoms with Gasteiger partial charge in [0, 0.05) is 42.6 Å². The molecule has 4 N–H and O–H groups in total. The first-order valence-electron chi connectivity index (χ1n) is 15.0. The summed E-state index contributed by atoms with van der Waals surface area (Å²) in [5.41, 5.74) is 0.159. The smallest absolute Gasteiger partial charge is 0.302 e. The van der Waals surface area contributed by atoms with Gasteiger partial charge in [-0.2, -0.15) is 5.01 Å². The van der Waals surface area contributed by atoms with E-state index in [0.29, 0.717) is 17.1 Å². The molecule has 0 aliphatic carbocycles. The third kappa shape index (κ3) is 7.10. The van der Waals surface area contributed by atoms with Gasteiger partial charge in [-0.1, -0.05) is 42.5 Å². The second kappa shape index (κ2) is 13.7. The molecule has 3 amide bonds. The Balaban J connectivity index is 1.51. The number of hydrogen-bond donors (Lipinski definition) is 4. The van der Waals surface area contributed by atoms with Gasteiger partial charge in [0.05, 0.1) is 10.6 Å². The second-order valence-corrected chi connectivity index (χ2v) is 12.3. The van der Waals surface area contributed by atoms with Crippen LogP contribution in [-0.2, 0) is 19.6 Å². The lowest BCUT2D eigenvalue weighted by molar-refractivity contribution is -0.127. The van der Waals surface area contributed by atoms with Crippen LogP contribution in [0.2, 0.25) is 0 Å². The number of sulfonamides is 1. The van der Waals surface area contributed by atoms with Gasteiger partial charge in [-0.15, -0.1) is 5.10 Å². The summed E-state index contributed by atoms with van der Waals surface area (Å²) in [7, 11) is -4.04. The van der Waals surface area contributed by atoms with Crippen molar-refractivity contribution in [3.8, 4) is 0 Å². The van der Waals surface area contributed by atoms with E-state index < -0.39 is 33.4 Å². The van der Waals surface area contributed by atoms with Crippen LogP contribution in [0.1, 0.15) is 31.1 Å². The molecular formula is C34H35N7O5S. The van der Waals surface area contributed by atoms with Crippen molar-refractivity contribution in [1.29, 1.82) is 0 Å². The van der Waals surface area contributed by atoms with E-state index in [1.54, 1.807) is 72.8 Å². The lowest BCUT2D eigenvalue weighted by Crippen LogP contribution is -2.67. The number of carbonyl (C=O) groups excluding carboxylic acids is 3. The Bertz CT molecular complexity index is 1900. The van der Waals surface area contributed by atoms with Crippen molar-refractivity contribution in [2.24, 2.45) is 5.10 Å². The summed E-state index contributed by atoms with van der Waals surface area (Å²) in [6.45, 7) is 6.95. The number of anilines is 4. The molecule has 13 heteroatoms. The summed E-state index contributed by atoms with van der Waals surface area (Å²) in [5, 5.41) is 14.0. The number of para-hydroxylation sites is 2. The molecule has 0 saturated carbocycles. The molecule has 0 radical (unpaired) electrons. The van der Waals surface area contributed by atoms with Gasteiger partial charge in [0.1, 0.15) is 0 Å². The van der Waals surface area contributed by atoms with E-state index in [4.69, 9.17) is 0 Å². The Morgan fingerprint density at radius 1 is 0.830 bits per heavy atom. The van der Waals surface area contributed by atoms with Crippen LogP contribution in [-0.4, -0.2) is 50.7 Å². The van der Waals surface area contributed by atoms with Crippen LogP contribution in [0.25, 0.3) is 0 Å². The Labute approximate surface area is 273 Å². The molecule has 1 aliphatic heterocycles. The van der Waals surface area contributed by atoms with Crippen LogP contribution in [0.4, 0.5) is 22.7 Å². The van der Waals surface area contributed by atoms with Crippen molar-refractivity contribution >= 4 is 56.3 Å². The maximum absolute atomic E-state index is 14.2. The van der Waals surface area contributed by atoms with Gasteiger partial charge in [-0.25, -0.2) is 8.42 Å². The number of nitrogens with zero attached hydrogens (tertiary/aromatic N) is 3.